The number of H-pyrrole nitrogens is 1. The van der Waals surface area contributed by atoms with E-state index >= 15 is 0 Å². The van der Waals surface area contributed by atoms with Gasteiger partial charge in [-0.1, -0.05) is 18.2 Å². The molecule has 1 aliphatic heterocycles. The molecular weight excluding hydrogens is 344 g/mol. The lowest BCUT2D eigenvalue weighted by Crippen LogP contribution is -2.43. The molecule has 2 aromatic carbocycles. The van der Waals surface area contributed by atoms with Gasteiger partial charge < -0.3 is 19.9 Å². The van der Waals surface area contributed by atoms with Gasteiger partial charge in [-0.05, 0) is 36.8 Å². The highest BCUT2D eigenvalue weighted by Gasteiger charge is 2.25. The standard InChI is InChI=1S/C20H20N4O3/c1-13-6-7-17-16(10-13)24(12-20(26)27-17)11-19(25)21-9-8-18-22-14-4-2-3-5-15(14)23-18/h2-7,10H,8-9,11-12H2,1H3,(H,21,25)(H,22,23). The molecule has 0 aliphatic carbocycles. The molecule has 0 bridgehead atoms. The Bertz CT molecular complexity index is 978. The second-order valence-electron chi connectivity index (χ2n) is 6.60. The van der Waals surface area contributed by atoms with Crippen LogP contribution in [0.2, 0.25) is 0 Å². The number of para-hydroxylation sites is 2. The van der Waals surface area contributed by atoms with Gasteiger partial charge >= 0.3 is 5.97 Å². The van der Waals surface area contributed by atoms with Gasteiger partial charge in [0.05, 0.1) is 23.3 Å². The summed E-state index contributed by atoms with van der Waals surface area (Å²) in [7, 11) is 0. The van der Waals surface area contributed by atoms with Crippen LogP contribution in [0.5, 0.6) is 5.75 Å². The van der Waals surface area contributed by atoms with Crippen molar-refractivity contribution in [3.8, 4) is 5.75 Å². The maximum atomic E-state index is 12.3. The third-order valence-corrected chi connectivity index (χ3v) is 4.46. The van der Waals surface area contributed by atoms with Crippen LogP contribution in [0.15, 0.2) is 42.5 Å². The number of aromatic amines is 1. The number of nitrogens with zero attached hydrogens (tertiary/aromatic N) is 2. The summed E-state index contributed by atoms with van der Waals surface area (Å²) in [5, 5.41) is 2.89. The van der Waals surface area contributed by atoms with Crippen LogP contribution in [0, 0.1) is 6.92 Å². The lowest BCUT2D eigenvalue weighted by Gasteiger charge is -2.29. The zero-order valence-electron chi connectivity index (χ0n) is 15.0. The van der Waals surface area contributed by atoms with Crippen molar-refractivity contribution in [2.75, 3.05) is 24.5 Å². The molecule has 3 aromatic rings. The maximum Gasteiger partial charge on any atom is 0.331 e. The summed E-state index contributed by atoms with van der Waals surface area (Å²) in [4.78, 5) is 33.6. The number of anilines is 1. The molecule has 4 rings (SSSR count). The van der Waals surface area contributed by atoms with Crippen LogP contribution in [0.25, 0.3) is 11.0 Å². The summed E-state index contributed by atoms with van der Waals surface area (Å²) in [6.07, 6.45) is 0.609. The molecule has 7 nitrogen and oxygen atoms in total. The Morgan fingerprint density at radius 3 is 3.00 bits per heavy atom. The number of carbonyl (C=O) groups excluding carboxylic acids is 2. The summed E-state index contributed by atoms with van der Waals surface area (Å²) < 4.78 is 5.24. The molecular formula is C20H20N4O3. The Labute approximate surface area is 156 Å². The molecule has 0 unspecified atom stereocenters. The maximum absolute atomic E-state index is 12.3. The number of aromatic nitrogens is 2. The summed E-state index contributed by atoms with van der Waals surface area (Å²) in [5.41, 5.74) is 3.71. The predicted molar refractivity (Wildman–Crippen MR) is 102 cm³/mol. The van der Waals surface area contributed by atoms with Gasteiger partial charge in [-0.3, -0.25) is 4.79 Å². The lowest BCUT2D eigenvalue weighted by molar-refractivity contribution is -0.133. The van der Waals surface area contributed by atoms with Crippen molar-refractivity contribution in [2.45, 2.75) is 13.3 Å². The molecule has 1 amide bonds. The molecule has 7 heteroatoms. The molecule has 0 atom stereocenters. The van der Waals surface area contributed by atoms with E-state index in [2.05, 4.69) is 15.3 Å². The predicted octanol–water partition coefficient (Wildman–Crippen LogP) is 1.96. The number of nitrogens with one attached hydrogen (secondary N) is 2. The number of hydrogen-bond acceptors (Lipinski definition) is 5. The average Bonchev–Trinajstić information content (AvgIpc) is 3.05. The zero-order chi connectivity index (χ0) is 18.8. The highest BCUT2D eigenvalue weighted by molar-refractivity contribution is 5.89. The van der Waals surface area contributed by atoms with Crippen molar-refractivity contribution >= 4 is 28.6 Å². The number of fused-ring (bicyclic) bond motifs is 2. The molecule has 2 heterocycles. The summed E-state index contributed by atoms with van der Waals surface area (Å²) >= 11 is 0. The Morgan fingerprint density at radius 2 is 2.15 bits per heavy atom. The van der Waals surface area contributed by atoms with Crippen molar-refractivity contribution in [1.82, 2.24) is 15.3 Å². The lowest BCUT2D eigenvalue weighted by atomic mass is 10.1. The van der Waals surface area contributed by atoms with Crippen molar-refractivity contribution in [3.05, 3.63) is 53.9 Å². The number of imidazole rings is 1. The van der Waals surface area contributed by atoms with Gasteiger partial charge in [0.15, 0.2) is 5.75 Å². The number of ether oxygens (including phenoxy) is 1. The molecule has 2 N–H and O–H groups in total. The first-order chi connectivity index (χ1) is 13.1. The Morgan fingerprint density at radius 1 is 1.30 bits per heavy atom. The molecule has 27 heavy (non-hydrogen) atoms. The molecule has 0 radical (unpaired) electrons. The van der Waals surface area contributed by atoms with Gasteiger partial charge in [-0.15, -0.1) is 0 Å². The van der Waals surface area contributed by atoms with Gasteiger partial charge in [-0.2, -0.15) is 0 Å². The van der Waals surface area contributed by atoms with Crippen LogP contribution >= 0.6 is 0 Å². The first kappa shape index (κ1) is 17.1. The fourth-order valence-electron chi connectivity index (χ4n) is 3.17. The fraction of sp³-hybridized carbons (Fsp3) is 0.250. The normalized spacial score (nSPS) is 13.4. The van der Waals surface area contributed by atoms with Crippen molar-refractivity contribution in [1.29, 1.82) is 0 Å². The van der Waals surface area contributed by atoms with E-state index in [0.29, 0.717) is 18.7 Å². The number of esters is 1. The van der Waals surface area contributed by atoms with E-state index in [0.717, 1.165) is 28.1 Å². The summed E-state index contributed by atoms with van der Waals surface area (Å²) in [6, 6.07) is 13.4. The molecule has 0 spiro atoms. The number of amides is 1. The van der Waals surface area contributed by atoms with Gasteiger partial charge in [-0.25, -0.2) is 9.78 Å². The molecule has 1 aromatic heterocycles. The number of hydrogen-bond donors (Lipinski definition) is 2. The highest BCUT2D eigenvalue weighted by atomic mass is 16.5. The Kier molecular flexibility index (Phi) is 4.50. The molecule has 0 saturated heterocycles. The van der Waals surface area contributed by atoms with Gasteiger partial charge in [0.1, 0.15) is 12.4 Å². The van der Waals surface area contributed by atoms with Crippen molar-refractivity contribution in [2.24, 2.45) is 0 Å². The van der Waals surface area contributed by atoms with Crippen molar-refractivity contribution in [3.63, 3.8) is 0 Å². The minimum atomic E-state index is -0.360. The van der Waals surface area contributed by atoms with Crippen LogP contribution in [0.1, 0.15) is 11.4 Å². The van der Waals surface area contributed by atoms with Gasteiger partial charge in [0.2, 0.25) is 5.91 Å². The van der Waals surface area contributed by atoms with Crippen LogP contribution in [0.4, 0.5) is 5.69 Å². The smallest absolute Gasteiger partial charge is 0.331 e. The first-order valence-electron chi connectivity index (χ1n) is 8.85. The second kappa shape index (κ2) is 7.11. The van der Waals surface area contributed by atoms with Crippen LogP contribution in [-0.4, -0.2) is 41.5 Å². The summed E-state index contributed by atoms with van der Waals surface area (Å²) in [5.74, 6) is 0.820. The van der Waals surface area contributed by atoms with E-state index in [4.69, 9.17) is 4.74 Å². The molecule has 0 fully saturated rings. The zero-order valence-corrected chi connectivity index (χ0v) is 15.0. The summed E-state index contributed by atoms with van der Waals surface area (Å²) in [6.45, 7) is 2.60. The Balaban J connectivity index is 1.35. The van der Waals surface area contributed by atoms with Crippen LogP contribution < -0.4 is 15.0 Å². The topological polar surface area (TPSA) is 87.3 Å². The molecule has 0 saturated carbocycles. The number of benzene rings is 2. The monoisotopic (exact) mass is 364 g/mol. The van der Waals surface area contributed by atoms with Crippen LogP contribution in [-0.2, 0) is 16.0 Å². The highest BCUT2D eigenvalue weighted by Crippen LogP contribution is 2.32. The van der Waals surface area contributed by atoms with E-state index in [9.17, 15) is 9.59 Å². The molecule has 138 valence electrons. The third kappa shape index (κ3) is 3.76. The third-order valence-electron chi connectivity index (χ3n) is 4.46. The van der Waals surface area contributed by atoms with E-state index in [-0.39, 0.29) is 25.0 Å². The van der Waals surface area contributed by atoms with Crippen molar-refractivity contribution < 1.29 is 14.3 Å². The quantitative estimate of drug-likeness (QED) is 0.534. The second-order valence-corrected chi connectivity index (χ2v) is 6.60. The minimum absolute atomic E-state index is 0.0629. The molecule has 1 aliphatic rings. The number of rotatable bonds is 5. The number of carbonyl (C=O) groups is 2. The SMILES string of the molecule is Cc1ccc2c(c1)N(CC(=O)NCCc1nc3ccccc3[nH]1)CC(=O)O2. The largest absolute Gasteiger partial charge is 0.423 e. The first-order valence-corrected chi connectivity index (χ1v) is 8.85. The van der Waals surface area contributed by atoms with E-state index < -0.39 is 0 Å². The van der Waals surface area contributed by atoms with E-state index in [1.807, 2.05) is 43.3 Å². The van der Waals surface area contributed by atoms with E-state index in [1.165, 1.54) is 0 Å². The van der Waals surface area contributed by atoms with Gasteiger partial charge in [0.25, 0.3) is 0 Å². The van der Waals surface area contributed by atoms with Crippen LogP contribution in [0.3, 0.4) is 0 Å². The average molecular weight is 364 g/mol. The fourth-order valence-corrected chi connectivity index (χ4v) is 3.17. The van der Waals surface area contributed by atoms with Gasteiger partial charge in [0, 0.05) is 13.0 Å². The Hall–Kier alpha value is -3.35. The van der Waals surface area contributed by atoms with E-state index in [1.54, 1.807) is 11.0 Å². The minimum Gasteiger partial charge on any atom is -0.423 e. The number of aryl methyl sites for hydroxylation is 1.